The second-order valence-corrected chi connectivity index (χ2v) is 10.1. The molecule has 0 N–H and O–H groups in total. The third-order valence-electron chi connectivity index (χ3n) is 4.31. The van der Waals surface area contributed by atoms with E-state index in [1.165, 1.54) is 60.7 Å². The van der Waals surface area contributed by atoms with Gasteiger partial charge in [0.15, 0.2) is 6.04 Å². The fourth-order valence-electron chi connectivity index (χ4n) is 2.89. The van der Waals surface area contributed by atoms with Crippen LogP contribution in [0.1, 0.15) is 11.6 Å². The predicted octanol–water partition coefficient (Wildman–Crippen LogP) is 2.98. The number of sulfonamides is 2. The summed E-state index contributed by atoms with van der Waals surface area (Å²) in [5.74, 6) is -1.03. The zero-order valence-electron chi connectivity index (χ0n) is 16.0. The van der Waals surface area contributed by atoms with Crippen LogP contribution in [0, 0.1) is 0 Å². The number of carbonyl (C=O) groups excluding carboxylic acids is 1. The van der Waals surface area contributed by atoms with Crippen molar-refractivity contribution in [2.75, 3.05) is 7.11 Å². The molecule has 0 saturated carbocycles. The lowest BCUT2D eigenvalue weighted by Gasteiger charge is -2.28. The number of benzene rings is 3. The molecule has 0 amide bonds. The number of nitrogens with zero attached hydrogens (tertiary/aromatic N) is 1. The average molecular weight is 446 g/mol. The van der Waals surface area contributed by atoms with Crippen LogP contribution in [-0.4, -0.2) is 33.6 Å². The van der Waals surface area contributed by atoms with Crippen LogP contribution in [0.3, 0.4) is 0 Å². The Morgan fingerprint density at radius 1 is 0.700 bits per heavy atom. The highest BCUT2D eigenvalue weighted by atomic mass is 32.3. The molecule has 0 saturated heterocycles. The van der Waals surface area contributed by atoms with Gasteiger partial charge in [-0.25, -0.2) is 21.6 Å². The highest BCUT2D eigenvalue weighted by molar-refractivity contribution is 8.04. The van der Waals surface area contributed by atoms with E-state index >= 15 is 0 Å². The third-order valence-corrected chi connectivity index (χ3v) is 8.59. The average Bonchev–Trinajstić information content (AvgIpc) is 2.78. The van der Waals surface area contributed by atoms with Crippen LogP contribution in [0.2, 0.25) is 0 Å². The Hall–Kier alpha value is -3.01. The van der Waals surface area contributed by atoms with Gasteiger partial charge in [0, 0.05) is 0 Å². The molecule has 0 aliphatic heterocycles. The van der Waals surface area contributed by atoms with E-state index in [0.29, 0.717) is 0 Å². The van der Waals surface area contributed by atoms with Gasteiger partial charge < -0.3 is 4.74 Å². The van der Waals surface area contributed by atoms with E-state index in [1.807, 2.05) is 0 Å². The summed E-state index contributed by atoms with van der Waals surface area (Å²) < 4.78 is 59.1. The van der Waals surface area contributed by atoms with Crippen molar-refractivity contribution in [1.29, 1.82) is 0 Å². The summed E-state index contributed by atoms with van der Waals surface area (Å²) >= 11 is 0. The third kappa shape index (κ3) is 4.13. The summed E-state index contributed by atoms with van der Waals surface area (Å²) in [6.07, 6.45) is 0. The summed E-state index contributed by atoms with van der Waals surface area (Å²) in [5, 5.41) is 0. The first kappa shape index (κ1) is 21.7. The Bertz CT molecular complexity index is 1140. The van der Waals surface area contributed by atoms with E-state index in [9.17, 15) is 21.6 Å². The quantitative estimate of drug-likeness (QED) is 0.519. The molecule has 9 heteroatoms. The minimum atomic E-state index is -4.66. The minimum Gasteiger partial charge on any atom is -0.468 e. The molecule has 1 unspecified atom stereocenters. The zero-order chi connectivity index (χ0) is 21.8. The summed E-state index contributed by atoms with van der Waals surface area (Å²) in [5.41, 5.74) is 0.156. The summed E-state index contributed by atoms with van der Waals surface area (Å²) in [6, 6.07) is 20.2. The van der Waals surface area contributed by atoms with E-state index in [4.69, 9.17) is 4.74 Å². The number of ether oxygens (including phenoxy) is 1. The van der Waals surface area contributed by atoms with Crippen LogP contribution in [0.4, 0.5) is 0 Å². The molecule has 0 aliphatic rings. The summed E-state index contributed by atoms with van der Waals surface area (Å²) in [7, 11) is -8.26. The van der Waals surface area contributed by atoms with Gasteiger partial charge in [0.25, 0.3) is 20.0 Å². The molecule has 3 aromatic carbocycles. The van der Waals surface area contributed by atoms with Crippen molar-refractivity contribution in [3.05, 3.63) is 96.6 Å². The molecule has 0 aliphatic carbocycles. The number of carbonyl (C=O) groups is 1. The molecule has 3 aromatic rings. The Morgan fingerprint density at radius 3 is 1.43 bits per heavy atom. The Labute approximate surface area is 175 Å². The minimum absolute atomic E-state index is 0.156. The fourth-order valence-corrected chi connectivity index (χ4v) is 6.83. The SMILES string of the molecule is COC(=O)C(c1ccccc1)N(S(=O)(=O)c1ccccc1)S(=O)(=O)c1ccccc1. The normalized spacial score (nSPS) is 13.0. The van der Waals surface area contributed by atoms with E-state index in [2.05, 4.69) is 0 Å². The van der Waals surface area contributed by atoms with Gasteiger partial charge in [0.2, 0.25) is 0 Å². The predicted molar refractivity (Wildman–Crippen MR) is 110 cm³/mol. The molecule has 0 spiro atoms. The van der Waals surface area contributed by atoms with Gasteiger partial charge in [0.1, 0.15) is 0 Å². The molecule has 0 fully saturated rings. The van der Waals surface area contributed by atoms with Crippen molar-refractivity contribution >= 4 is 26.0 Å². The zero-order valence-corrected chi connectivity index (χ0v) is 17.6. The van der Waals surface area contributed by atoms with Gasteiger partial charge in [0.05, 0.1) is 16.9 Å². The van der Waals surface area contributed by atoms with E-state index in [0.717, 1.165) is 7.11 Å². The summed E-state index contributed by atoms with van der Waals surface area (Å²) in [4.78, 5) is 12.2. The monoisotopic (exact) mass is 445 g/mol. The molecule has 3 rings (SSSR count). The molecule has 0 heterocycles. The number of esters is 1. The fraction of sp³-hybridized carbons (Fsp3) is 0.0952. The van der Waals surface area contributed by atoms with Gasteiger partial charge >= 0.3 is 5.97 Å². The van der Waals surface area contributed by atoms with Crippen molar-refractivity contribution in [3.8, 4) is 0 Å². The van der Waals surface area contributed by atoms with Crippen molar-refractivity contribution in [1.82, 2.24) is 3.71 Å². The molecule has 30 heavy (non-hydrogen) atoms. The maximum Gasteiger partial charge on any atom is 0.330 e. The number of hydrogen-bond donors (Lipinski definition) is 0. The first-order valence-electron chi connectivity index (χ1n) is 8.82. The molecule has 0 radical (unpaired) electrons. The molecule has 0 bridgehead atoms. The number of rotatable bonds is 7. The Balaban J connectivity index is 2.33. The topological polar surface area (TPSA) is 97.8 Å². The maximum absolute atomic E-state index is 13.5. The van der Waals surface area contributed by atoms with Gasteiger partial charge in [-0.3, -0.25) is 0 Å². The van der Waals surface area contributed by atoms with Crippen LogP contribution in [0.25, 0.3) is 0 Å². The Morgan fingerprint density at radius 2 is 1.07 bits per heavy atom. The number of methoxy groups -OCH3 is 1. The maximum atomic E-state index is 13.5. The van der Waals surface area contributed by atoms with E-state index in [1.54, 1.807) is 30.3 Å². The molecule has 1 atom stereocenters. The molecule has 7 nitrogen and oxygen atoms in total. The van der Waals surface area contributed by atoms with Gasteiger partial charge in [-0.15, -0.1) is 0 Å². The standard InChI is InChI=1S/C21H19NO6S2/c1-28-21(23)20(17-11-5-2-6-12-17)22(29(24,25)18-13-7-3-8-14-18)30(26,27)19-15-9-4-10-16-19/h2-16,20H,1H3. The lowest BCUT2D eigenvalue weighted by Crippen LogP contribution is -2.43. The lowest BCUT2D eigenvalue weighted by molar-refractivity contribution is -0.144. The molecular weight excluding hydrogens is 426 g/mol. The van der Waals surface area contributed by atoms with Crippen molar-refractivity contribution in [3.63, 3.8) is 0 Å². The highest BCUT2D eigenvalue weighted by Crippen LogP contribution is 2.34. The van der Waals surface area contributed by atoms with Crippen molar-refractivity contribution in [2.24, 2.45) is 0 Å². The Kier molecular flexibility index (Phi) is 6.35. The largest absolute Gasteiger partial charge is 0.468 e. The van der Waals surface area contributed by atoms with Crippen molar-refractivity contribution in [2.45, 2.75) is 15.8 Å². The second-order valence-electron chi connectivity index (χ2n) is 6.20. The van der Waals surface area contributed by atoms with Gasteiger partial charge in [-0.05, 0) is 29.8 Å². The van der Waals surface area contributed by atoms with Crippen LogP contribution in [0.15, 0.2) is 101 Å². The van der Waals surface area contributed by atoms with Gasteiger partial charge in [-0.1, -0.05) is 70.4 Å². The molecule has 0 aromatic heterocycles. The smallest absolute Gasteiger partial charge is 0.330 e. The molecular formula is C21H19NO6S2. The van der Waals surface area contributed by atoms with Crippen LogP contribution >= 0.6 is 0 Å². The van der Waals surface area contributed by atoms with Crippen LogP contribution < -0.4 is 0 Å². The molecule has 156 valence electrons. The van der Waals surface area contributed by atoms with Crippen molar-refractivity contribution < 1.29 is 26.4 Å². The number of hydrogen-bond acceptors (Lipinski definition) is 6. The van der Waals surface area contributed by atoms with Gasteiger partial charge in [-0.2, -0.15) is 0 Å². The summed E-state index contributed by atoms with van der Waals surface area (Å²) in [6.45, 7) is 0. The van der Waals surface area contributed by atoms with Crippen LogP contribution in [-0.2, 0) is 29.6 Å². The van der Waals surface area contributed by atoms with E-state index in [-0.39, 0.29) is 19.1 Å². The van der Waals surface area contributed by atoms with E-state index < -0.39 is 32.1 Å². The first-order chi connectivity index (χ1) is 14.3. The highest BCUT2D eigenvalue weighted by Gasteiger charge is 2.46. The lowest BCUT2D eigenvalue weighted by atomic mass is 10.1. The second kappa shape index (κ2) is 8.78. The van der Waals surface area contributed by atoms with Crippen LogP contribution in [0.5, 0.6) is 0 Å². The first-order valence-corrected chi connectivity index (χ1v) is 11.7.